The second kappa shape index (κ2) is 8.35. The van der Waals surface area contributed by atoms with Crippen LogP contribution in [0.3, 0.4) is 0 Å². The molecule has 1 fully saturated rings. The Kier molecular flexibility index (Phi) is 5.53. The maximum atomic E-state index is 13.0. The monoisotopic (exact) mass is 472 g/mol. The van der Waals surface area contributed by atoms with Gasteiger partial charge in [-0.1, -0.05) is 35.3 Å². The van der Waals surface area contributed by atoms with Crippen molar-refractivity contribution in [3.05, 3.63) is 75.5 Å². The van der Waals surface area contributed by atoms with Crippen LogP contribution in [-0.2, 0) is 12.0 Å². The van der Waals surface area contributed by atoms with Crippen molar-refractivity contribution in [2.75, 3.05) is 19.7 Å². The van der Waals surface area contributed by atoms with Gasteiger partial charge >= 0.3 is 0 Å². The highest BCUT2D eigenvalue weighted by atomic mass is 35.5. The fourth-order valence-electron chi connectivity index (χ4n) is 4.44. The van der Waals surface area contributed by atoms with E-state index in [1.807, 2.05) is 17.0 Å². The van der Waals surface area contributed by atoms with Gasteiger partial charge in [-0.15, -0.1) is 0 Å². The zero-order valence-electron chi connectivity index (χ0n) is 17.3. The van der Waals surface area contributed by atoms with Crippen molar-refractivity contribution in [2.45, 2.75) is 24.8 Å². The van der Waals surface area contributed by atoms with Gasteiger partial charge < -0.3 is 24.5 Å². The summed E-state index contributed by atoms with van der Waals surface area (Å²) in [6.45, 7) is 2.38. The summed E-state index contributed by atoms with van der Waals surface area (Å²) in [6, 6.07) is 14.3. The lowest BCUT2D eigenvalue weighted by molar-refractivity contribution is 0.0611. The molecule has 1 spiro atoms. The van der Waals surface area contributed by atoms with Crippen LogP contribution < -0.4 is 15.2 Å². The molecule has 0 bridgehead atoms. The van der Waals surface area contributed by atoms with Crippen molar-refractivity contribution >= 4 is 29.1 Å². The molecular weight excluding hydrogens is 451 g/mol. The number of hydrogen-bond acceptors (Lipinski definition) is 5. The van der Waals surface area contributed by atoms with Gasteiger partial charge in [-0.2, -0.15) is 0 Å². The number of hydrogen-bond donors (Lipinski definition) is 1. The van der Waals surface area contributed by atoms with Crippen LogP contribution in [-0.4, -0.2) is 30.5 Å². The van der Waals surface area contributed by atoms with E-state index in [0.717, 1.165) is 24.2 Å². The molecule has 0 aliphatic carbocycles. The number of benzene rings is 2. The smallest absolute Gasteiger partial charge is 0.290 e. The topological polar surface area (TPSA) is 77.9 Å². The summed E-state index contributed by atoms with van der Waals surface area (Å²) in [5.41, 5.74) is 8.06. The van der Waals surface area contributed by atoms with Crippen molar-refractivity contribution in [3.63, 3.8) is 0 Å². The molecule has 2 aliphatic rings. The molecule has 3 aromatic rings. The number of amides is 1. The van der Waals surface area contributed by atoms with E-state index < -0.39 is 0 Å². The minimum absolute atomic E-state index is 0.0689. The molecule has 166 valence electrons. The summed E-state index contributed by atoms with van der Waals surface area (Å²) < 4.78 is 17.3. The molecule has 6 nitrogen and oxygen atoms in total. The average Bonchev–Trinajstić information content (AvgIpc) is 3.38. The van der Waals surface area contributed by atoms with E-state index in [1.165, 1.54) is 5.56 Å². The second-order valence-corrected chi connectivity index (χ2v) is 9.09. The molecule has 2 aliphatic heterocycles. The number of halogens is 2. The molecular formula is C24H22Cl2N2O4. The van der Waals surface area contributed by atoms with E-state index in [1.54, 1.807) is 30.3 Å². The third-order valence-corrected chi connectivity index (χ3v) is 6.65. The van der Waals surface area contributed by atoms with Gasteiger partial charge in [0, 0.05) is 46.7 Å². The van der Waals surface area contributed by atoms with Crippen molar-refractivity contribution < 1.29 is 18.7 Å². The molecule has 1 saturated heterocycles. The molecule has 5 rings (SSSR count). The number of nitrogens with two attached hydrogens (primary N) is 1. The lowest BCUT2D eigenvalue weighted by Gasteiger charge is -2.38. The van der Waals surface area contributed by atoms with Gasteiger partial charge in [0.05, 0.1) is 6.61 Å². The Hall–Kier alpha value is -2.67. The predicted octanol–water partition coefficient (Wildman–Crippen LogP) is 5.40. The Bertz CT molecular complexity index is 1150. The first-order valence-electron chi connectivity index (χ1n) is 10.5. The number of furan rings is 1. The SMILES string of the molecule is NCc1ccc2c(c1)C1(CCN(C(=O)c3ccc(Oc4cc(Cl)cc(Cl)c4)o3)CC1)CO2. The van der Waals surface area contributed by atoms with Crippen LogP contribution in [0.1, 0.15) is 34.5 Å². The lowest BCUT2D eigenvalue weighted by Crippen LogP contribution is -2.46. The summed E-state index contributed by atoms with van der Waals surface area (Å²) >= 11 is 12.0. The molecule has 0 saturated carbocycles. The maximum absolute atomic E-state index is 13.0. The summed E-state index contributed by atoms with van der Waals surface area (Å²) in [5.74, 6) is 1.64. The van der Waals surface area contributed by atoms with Gasteiger partial charge in [-0.3, -0.25) is 4.79 Å². The molecule has 3 heterocycles. The molecule has 32 heavy (non-hydrogen) atoms. The Morgan fingerprint density at radius 3 is 2.53 bits per heavy atom. The van der Waals surface area contributed by atoms with Crippen LogP contribution in [0.15, 0.2) is 52.9 Å². The third-order valence-electron chi connectivity index (χ3n) is 6.21. The van der Waals surface area contributed by atoms with Crippen LogP contribution in [0.4, 0.5) is 0 Å². The van der Waals surface area contributed by atoms with Gasteiger partial charge in [0.25, 0.3) is 11.9 Å². The summed E-state index contributed by atoms with van der Waals surface area (Å²) in [4.78, 5) is 14.8. The molecule has 2 aromatic carbocycles. The van der Waals surface area contributed by atoms with Crippen molar-refractivity contribution in [1.29, 1.82) is 0 Å². The fraction of sp³-hybridized carbons (Fsp3) is 0.292. The number of ether oxygens (including phenoxy) is 2. The Morgan fingerprint density at radius 2 is 1.81 bits per heavy atom. The number of carbonyl (C=O) groups excluding carboxylic acids is 1. The number of likely N-dealkylation sites (tertiary alicyclic amines) is 1. The zero-order valence-corrected chi connectivity index (χ0v) is 18.8. The molecule has 0 radical (unpaired) electrons. The summed E-state index contributed by atoms with van der Waals surface area (Å²) in [7, 11) is 0. The first-order chi connectivity index (χ1) is 15.5. The Balaban J connectivity index is 1.26. The molecule has 1 aromatic heterocycles. The van der Waals surface area contributed by atoms with E-state index in [-0.39, 0.29) is 23.0 Å². The van der Waals surface area contributed by atoms with Crippen molar-refractivity contribution in [2.24, 2.45) is 5.73 Å². The first kappa shape index (κ1) is 21.2. The van der Waals surface area contributed by atoms with Crippen molar-refractivity contribution in [3.8, 4) is 17.4 Å². The van der Waals surface area contributed by atoms with E-state index in [9.17, 15) is 4.79 Å². The van der Waals surface area contributed by atoms with Crippen molar-refractivity contribution in [1.82, 2.24) is 4.90 Å². The van der Waals surface area contributed by atoms with E-state index in [2.05, 4.69) is 6.07 Å². The van der Waals surface area contributed by atoms with Gasteiger partial charge in [0.1, 0.15) is 11.5 Å². The molecule has 0 atom stereocenters. The zero-order chi connectivity index (χ0) is 22.3. The standard InChI is InChI=1S/C24H22Cl2N2O4/c25-16-10-17(26)12-18(11-16)31-22-4-3-21(32-22)23(29)28-7-5-24(6-8-28)14-30-20-2-1-15(13-27)9-19(20)24/h1-4,9-12H,5-8,13-14,27H2. The van der Waals surface area contributed by atoms with Crippen LogP contribution in [0.2, 0.25) is 10.0 Å². The summed E-state index contributed by atoms with van der Waals surface area (Å²) in [6.07, 6.45) is 1.65. The number of rotatable bonds is 4. The van der Waals surface area contributed by atoms with Crippen LogP contribution in [0, 0.1) is 0 Å². The quantitative estimate of drug-likeness (QED) is 0.549. The van der Waals surface area contributed by atoms with Crippen LogP contribution >= 0.6 is 23.2 Å². The largest absolute Gasteiger partial charge is 0.492 e. The normalized spacial score (nSPS) is 16.7. The Morgan fingerprint density at radius 1 is 1.06 bits per heavy atom. The van der Waals surface area contributed by atoms with Gasteiger partial charge in [0.2, 0.25) is 0 Å². The number of fused-ring (bicyclic) bond motifs is 2. The van der Waals surface area contributed by atoms with E-state index in [4.69, 9.17) is 42.8 Å². The number of carbonyl (C=O) groups is 1. The highest BCUT2D eigenvalue weighted by molar-refractivity contribution is 6.34. The molecule has 1 amide bonds. The summed E-state index contributed by atoms with van der Waals surface area (Å²) in [5, 5.41) is 0.905. The lowest BCUT2D eigenvalue weighted by atomic mass is 9.74. The molecule has 2 N–H and O–H groups in total. The second-order valence-electron chi connectivity index (χ2n) is 8.22. The van der Waals surface area contributed by atoms with Crippen LogP contribution in [0.25, 0.3) is 0 Å². The van der Waals surface area contributed by atoms with E-state index in [0.29, 0.717) is 42.0 Å². The maximum Gasteiger partial charge on any atom is 0.290 e. The number of nitrogens with zero attached hydrogens (tertiary/aromatic N) is 1. The highest BCUT2D eigenvalue weighted by Gasteiger charge is 2.44. The van der Waals surface area contributed by atoms with Gasteiger partial charge in [0.15, 0.2) is 5.76 Å². The minimum Gasteiger partial charge on any atom is -0.492 e. The number of piperidine rings is 1. The third kappa shape index (κ3) is 3.94. The van der Waals surface area contributed by atoms with E-state index >= 15 is 0 Å². The molecule has 8 heteroatoms. The Labute approximate surface area is 195 Å². The van der Waals surface area contributed by atoms with Crippen LogP contribution in [0.5, 0.6) is 17.4 Å². The van der Waals surface area contributed by atoms with Gasteiger partial charge in [-0.05, 0) is 48.7 Å². The van der Waals surface area contributed by atoms with Gasteiger partial charge in [-0.25, -0.2) is 0 Å². The average molecular weight is 473 g/mol. The minimum atomic E-state index is -0.159. The first-order valence-corrected chi connectivity index (χ1v) is 11.2. The molecule has 0 unspecified atom stereocenters. The highest BCUT2D eigenvalue weighted by Crippen LogP contribution is 2.46. The predicted molar refractivity (Wildman–Crippen MR) is 122 cm³/mol. The fourth-order valence-corrected chi connectivity index (χ4v) is 4.94.